The average Bonchev–Trinajstić information content (AvgIpc) is 3.38. The van der Waals surface area contributed by atoms with Gasteiger partial charge in [-0.15, -0.1) is 0 Å². The zero-order valence-corrected chi connectivity index (χ0v) is 18.7. The summed E-state index contributed by atoms with van der Waals surface area (Å²) in [5.41, 5.74) is 4.22. The van der Waals surface area contributed by atoms with E-state index in [2.05, 4.69) is 10.1 Å². The molecule has 0 aliphatic carbocycles. The first-order chi connectivity index (χ1) is 15.4. The maximum absolute atomic E-state index is 13.2. The van der Waals surface area contributed by atoms with E-state index in [-0.39, 0.29) is 12.4 Å². The quantitative estimate of drug-likeness (QED) is 0.450. The van der Waals surface area contributed by atoms with Gasteiger partial charge < -0.3 is 19.3 Å². The molecule has 32 heavy (non-hydrogen) atoms. The Bertz CT molecular complexity index is 1240. The minimum Gasteiger partial charge on any atom is -0.507 e. The van der Waals surface area contributed by atoms with Crippen molar-refractivity contribution in [2.75, 3.05) is 20.7 Å². The second-order valence-electron chi connectivity index (χ2n) is 7.93. The van der Waals surface area contributed by atoms with Crippen LogP contribution in [-0.2, 0) is 24.9 Å². The van der Waals surface area contributed by atoms with Crippen LogP contribution in [0.15, 0.2) is 49.1 Å². The first-order valence-electron chi connectivity index (χ1n) is 10.5. The lowest BCUT2D eigenvalue weighted by Crippen LogP contribution is -2.14. The number of carbonyl (C=O) groups is 1. The minimum atomic E-state index is -0.409. The van der Waals surface area contributed by atoms with Crippen LogP contribution in [0.1, 0.15) is 28.5 Å². The van der Waals surface area contributed by atoms with Crippen LogP contribution in [-0.4, -0.2) is 56.0 Å². The van der Waals surface area contributed by atoms with Crippen LogP contribution < -0.4 is 0 Å². The highest BCUT2D eigenvalue weighted by molar-refractivity contribution is 6.09. The smallest absolute Gasteiger partial charge is 0.340 e. The number of carbonyl (C=O) groups excluding carboxylic acids is 1. The Balaban J connectivity index is 2.07. The van der Waals surface area contributed by atoms with Crippen molar-refractivity contribution in [3.05, 3.63) is 65.9 Å². The zero-order valence-electron chi connectivity index (χ0n) is 18.7. The summed E-state index contributed by atoms with van der Waals surface area (Å²) in [4.78, 5) is 19.3. The van der Waals surface area contributed by atoms with Crippen molar-refractivity contribution in [2.45, 2.75) is 20.0 Å². The SMILES string of the molecule is CCOC(=O)c1c(Cn2cccn2)n(C)c2cc(-c3cccnc3)c(O)c(CN(C)C)c12. The molecule has 8 heteroatoms. The Labute approximate surface area is 186 Å². The monoisotopic (exact) mass is 433 g/mol. The standard InChI is InChI=1S/C24H27N5O3/c1-5-32-24(31)22-20(15-29-11-7-10-26-29)28(4)19-12-17(16-8-6-9-25-13-16)23(30)18(21(19)22)14-27(2)3/h6-13,30H,5,14-15H2,1-4H3. The van der Waals surface area contributed by atoms with Gasteiger partial charge >= 0.3 is 5.97 Å². The predicted octanol–water partition coefficient (Wildman–Crippen LogP) is 3.43. The van der Waals surface area contributed by atoms with E-state index in [1.807, 2.05) is 61.1 Å². The Kier molecular flexibility index (Phi) is 5.96. The molecule has 3 heterocycles. The number of hydrogen-bond donors (Lipinski definition) is 1. The van der Waals surface area contributed by atoms with Crippen LogP contribution in [0.4, 0.5) is 0 Å². The van der Waals surface area contributed by atoms with Gasteiger partial charge in [-0.1, -0.05) is 6.07 Å². The molecule has 0 bridgehead atoms. The Hall–Kier alpha value is -3.65. The molecule has 0 aliphatic rings. The number of aryl methyl sites for hydroxylation is 1. The third-order valence-corrected chi connectivity index (χ3v) is 5.48. The number of aromatic hydroxyl groups is 1. The summed E-state index contributed by atoms with van der Waals surface area (Å²) in [7, 11) is 5.78. The summed E-state index contributed by atoms with van der Waals surface area (Å²) in [5, 5.41) is 16.4. The summed E-state index contributed by atoms with van der Waals surface area (Å²) in [6.45, 7) is 2.90. The summed E-state index contributed by atoms with van der Waals surface area (Å²) < 4.78 is 9.19. The lowest BCUT2D eigenvalue weighted by Gasteiger charge is -2.17. The summed E-state index contributed by atoms with van der Waals surface area (Å²) in [5.74, 6) is -0.269. The van der Waals surface area contributed by atoms with Gasteiger partial charge in [0.25, 0.3) is 0 Å². The Morgan fingerprint density at radius 1 is 1.25 bits per heavy atom. The number of phenols is 1. The minimum absolute atomic E-state index is 0.140. The Morgan fingerprint density at radius 3 is 2.69 bits per heavy atom. The van der Waals surface area contributed by atoms with E-state index in [0.29, 0.717) is 35.2 Å². The van der Waals surface area contributed by atoms with Crippen LogP contribution in [0.25, 0.3) is 22.0 Å². The number of aromatic nitrogens is 4. The van der Waals surface area contributed by atoms with E-state index in [0.717, 1.165) is 16.8 Å². The van der Waals surface area contributed by atoms with Gasteiger partial charge in [-0.25, -0.2) is 4.79 Å². The predicted molar refractivity (Wildman–Crippen MR) is 122 cm³/mol. The zero-order chi connectivity index (χ0) is 22.8. The van der Waals surface area contributed by atoms with Crippen LogP contribution in [0.2, 0.25) is 0 Å². The number of nitrogens with zero attached hydrogens (tertiary/aromatic N) is 5. The van der Waals surface area contributed by atoms with E-state index in [9.17, 15) is 9.90 Å². The molecule has 3 aromatic heterocycles. The lowest BCUT2D eigenvalue weighted by molar-refractivity contribution is 0.0527. The normalized spacial score (nSPS) is 11.4. The van der Waals surface area contributed by atoms with E-state index in [1.165, 1.54) is 0 Å². The lowest BCUT2D eigenvalue weighted by atomic mass is 9.96. The molecule has 0 amide bonds. The highest BCUT2D eigenvalue weighted by atomic mass is 16.5. The summed E-state index contributed by atoms with van der Waals surface area (Å²) in [6.07, 6.45) is 6.98. The van der Waals surface area contributed by atoms with Crippen molar-refractivity contribution in [3.63, 3.8) is 0 Å². The highest BCUT2D eigenvalue weighted by Gasteiger charge is 2.28. The molecule has 0 atom stereocenters. The molecule has 4 rings (SSSR count). The van der Waals surface area contributed by atoms with E-state index < -0.39 is 5.97 Å². The van der Waals surface area contributed by atoms with Gasteiger partial charge in [-0.2, -0.15) is 5.10 Å². The molecule has 8 nitrogen and oxygen atoms in total. The molecule has 0 unspecified atom stereocenters. The third-order valence-electron chi connectivity index (χ3n) is 5.48. The number of hydrogen-bond acceptors (Lipinski definition) is 6. The van der Waals surface area contributed by atoms with Crippen LogP contribution in [0, 0.1) is 0 Å². The van der Waals surface area contributed by atoms with Gasteiger partial charge in [0.05, 0.1) is 29.9 Å². The molecule has 0 fully saturated rings. The van der Waals surface area contributed by atoms with Crippen LogP contribution >= 0.6 is 0 Å². The first-order valence-corrected chi connectivity index (χ1v) is 10.5. The maximum atomic E-state index is 13.2. The molecular formula is C24H27N5O3. The topological polar surface area (TPSA) is 85.4 Å². The number of rotatable bonds is 7. The fourth-order valence-electron chi connectivity index (χ4n) is 4.08. The van der Waals surface area contributed by atoms with Crippen molar-refractivity contribution in [2.24, 2.45) is 7.05 Å². The van der Waals surface area contributed by atoms with Crippen molar-refractivity contribution >= 4 is 16.9 Å². The van der Waals surface area contributed by atoms with Gasteiger partial charge in [0.1, 0.15) is 5.75 Å². The number of benzene rings is 1. The second kappa shape index (κ2) is 8.84. The number of fused-ring (bicyclic) bond motifs is 1. The fraction of sp³-hybridized carbons (Fsp3) is 0.292. The summed E-state index contributed by atoms with van der Waals surface area (Å²) in [6, 6.07) is 7.50. The largest absolute Gasteiger partial charge is 0.507 e. The second-order valence-corrected chi connectivity index (χ2v) is 7.93. The van der Waals surface area contributed by atoms with E-state index in [4.69, 9.17) is 4.74 Å². The van der Waals surface area contributed by atoms with Crippen molar-refractivity contribution in [3.8, 4) is 16.9 Å². The van der Waals surface area contributed by atoms with Crippen LogP contribution in [0.3, 0.4) is 0 Å². The molecule has 0 saturated heterocycles. The molecule has 0 aliphatic heterocycles. The number of ether oxygens (including phenoxy) is 1. The van der Waals surface area contributed by atoms with Crippen LogP contribution in [0.5, 0.6) is 5.75 Å². The molecule has 4 aromatic rings. The fourth-order valence-corrected chi connectivity index (χ4v) is 4.08. The first kappa shape index (κ1) is 21.6. The highest BCUT2D eigenvalue weighted by Crippen LogP contribution is 2.41. The molecule has 1 aromatic carbocycles. The summed E-state index contributed by atoms with van der Waals surface area (Å²) >= 11 is 0. The van der Waals surface area contributed by atoms with Gasteiger partial charge in [0.15, 0.2) is 0 Å². The van der Waals surface area contributed by atoms with Gasteiger partial charge in [-0.05, 0) is 39.2 Å². The van der Waals surface area contributed by atoms with Gasteiger partial charge in [-0.3, -0.25) is 9.67 Å². The molecule has 166 valence electrons. The van der Waals surface area contributed by atoms with E-state index >= 15 is 0 Å². The van der Waals surface area contributed by atoms with Crippen molar-refractivity contribution in [1.29, 1.82) is 0 Å². The van der Waals surface area contributed by atoms with E-state index in [1.54, 1.807) is 30.2 Å². The average molecular weight is 434 g/mol. The Morgan fingerprint density at radius 2 is 2.06 bits per heavy atom. The van der Waals surface area contributed by atoms with Crippen molar-refractivity contribution < 1.29 is 14.6 Å². The third kappa shape index (κ3) is 3.85. The van der Waals surface area contributed by atoms with Gasteiger partial charge in [0, 0.05) is 60.5 Å². The molecule has 0 saturated carbocycles. The number of pyridine rings is 1. The molecule has 1 N–H and O–H groups in total. The van der Waals surface area contributed by atoms with Gasteiger partial charge in [0.2, 0.25) is 0 Å². The van der Waals surface area contributed by atoms with Crippen molar-refractivity contribution in [1.82, 2.24) is 24.2 Å². The number of esters is 1. The molecular weight excluding hydrogens is 406 g/mol. The molecule has 0 spiro atoms. The maximum Gasteiger partial charge on any atom is 0.340 e. The number of phenolic OH excluding ortho intramolecular Hbond substituents is 1. The molecule has 0 radical (unpaired) electrons.